The lowest BCUT2D eigenvalue weighted by Crippen LogP contribution is -1.83. The largest absolute Gasteiger partial charge is 0.103 e. The second-order valence-electron chi connectivity index (χ2n) is 3.98. The van der Waals surface area contributed by atoms with Crippen molar-refractivity contribution in [1.29, 1.82) is 0 Å². The van der Waals surface area contributed by atoms with Gasteiger partial charge in [-0.2, -0.15) is 0 Å². The first kappa shape index (κ1) is 13.8. The van der Waals surface area contributed by atoms with E-state index in [1.54, 1.807) is 0 Å². The number of rotatable bonds is 4. The van der Waals surface area contributed by atoms with E-state index in [0.717, 1.165) is 0 Å². The Labute approximate surface area is 99.1 Å². The number of hydrogen-bond donors (Lipinski definition) is 0. The van der Waals surface area contributed by atoms with Gasteiger partial charge < -0.3 is 0 Å². The van der Waals surface area contributed by atoms with Crippen LogP contribution >= 0.6 is 23.2 Å². The first-order chi connectivity index (χ1) is 7.36. The Balaban J connectivity index is 2.46. The van der Waals surface area contributed by atoms with Gasteiger partial charge in [0.1, 0.15) is 0 Å². The van der Waals surface area contributed by atoms with Crippen LogP contribution in [-0.2, 0) is 0 Å². The molecular formula is C12H23P3. The van der Waals surface area contributed by atoms with Crippen molar-refractivity contribution in [2.45, 2.75) is 25.7 Å². The van der Waals surface area contributed by atoms with Gasteiger partial charge in [0, 0.05) is 0 Å². The van der Waals surface area contributed by atoms with Crippen molar-refractivity contribution in [3.8, 4) is 0 Å². The molecule has 0 nitrogen and oxygen atoms in total. The molecule has 2 atom stereocenters. The van der Waals surface area contributed by atoms with Crippen LogP contribution in [-0.4, -0.2) is 24.6 Å². The summed E-state index contributed by atoms with van der Waals surface area (Å²) in [5.41, 5.74) is 0. The summed E-state index contributed by atoms with van der Waals surface area (Å²) in [5.74, 6) is 0. The second kappa shape index (κ2) is 8.87. The van der Waals surface area contributed by atoms with Crippen molar-refractivity contribution in [3.05, 3.63) is 25.3 Å². The van der Waals surface area contributed by atoms with E-state index in [1.165, 1.54) is 58.3 Å². The first-order valence-corrected chi connectivity index (χ1v) is 12.0. The van der Waals surface area contributed by atoms with Crippen LogP contribution in [0.4, 0.5) is 0 Å². The summed E-state index contributed by atoms with van der Waals surface area (Å²) in [4.78, 5) is 0. The van der Waals surface area contributed by atoms with E-state index < -0.39 is 0 Å². The molecule has 1 fully saturated rings. The first-order valence-electron chi connectivity index (χ1n) is 5.85. The van der Waals surface area contributed by atoms with E-state index >= 15 is 0 Å². The van der Waals surface area contributed by atoms with E-state index in [1.807, 2.05) is 0 Å². The second-order valence-corrected chi connectivity index (χ2v) is 14.2. The standard InChI is InChI=1S/C12H23P3/c1-3-9-14-11-7-5-6-8-12-15(13-14)10-4-2/h3-4,13H,1-2,5-12H2. The molecule has 1 aliphatic rings. The minimum atomic E-state index is 0.307. The van der Waals surface area contributed by atoms with Crippen LogP contribution in [0.25, 0.3) is 0 Å². The quantitative estimate of drug-likeness (QED) is 0.468. The molecule has 3 heteroatoms. The number of allylic oxidation sites excluding steroid dienone is 2. The van der Waals surface area contributed by atoms with Gasteiger partial charge in [-0.3, -0.25) is 0 Å². The Hall–Kier alpha value is 0.770. The molecule has 0 bridgehead atoms. The van der Waals surface area contributed by atoms with Crippen LogP contribution in [0.5, 0.6) is 0 Å². The molecule has 1 heterocycles. The van der Waals surface area contributed by atoms with Gasteiger partial charge >= 0.3 is 0 Å². The Bertz CT molecular complexity index is 171. The molecule has 2 unspecified atom stereocenters. The molecule has 15 heavy (non-hydrogen) atoms. The van der Waals surface area contributed by atoms with E-state index in [9.17, 15) is 0 Å². The summed E-state index contributed by atoms with van der Waals surface area (Å²) in [6.45, 7) is 7.82. The van der Waals surface area contributed by atoms with Crippen molar-refractivity contribution in [2.75, 3.05) is 24.6 Å². The van der Waals surface area contributed by atoms with E-state index in [-0.39, 0.29) is 0 Å². The summed E-state index contributed by atoms with van der Waals surface area (Å²) in [5, 5.41) is 0. The molecule has 0 aromatic carbocycles. The summed E-state index contributed by atoms with van der Waals surface area (Å²) in [7, 11) is 1.88. The van der Waals surface area contributed by atoms with Gasteiger partial charge in [0.25, 0.3) is 0 Å². The molecule has 86 valence electrons. The van der Waals surface area contributed by atoms with E-state index in [0.29, 0.717) is 15.2 Å². The van der Waals surface area contributed by atoms with Crippen LogP contribution in [0.15, 0.2) is 25.3 Å². The molecule has 1 rings (SSSR count). The van der Waals surface area contributed by atoms with Crippen molar-refractivity contribution >= 4 is 23.2 Å². The van der Waals surface area contributed by atoms with Gasteiger partial charge in [0.05, 0.1) is 0 Å². The van der Waals surface area contributed by atoms with Gasteiger partial charge in [-0.1, -0.05) is 48.2 Å². The highest BCUT2D eigenvalue weighted by molar-refractivity contribution is 8.53. The number of hydrogen-bond acceptors (Lipinski definition) is 0. The van der Waals surface area contributed by atoms with Crippen LogP contribution in [0.1, 0.15) is 25.7 Å². The van der Waals surface area contributed by atoms with Gasteiger partial charge in [0.2, 0.25) is 0 Å². The maximum Gasteiger partial charge on any atom is -0.0108 e. The van der Waals surface area contributed by atoms with Crippen LogP contribution in [0, 0.1) is 0 Å². The van der Waals surface area contributed by atoms with Crippen molar-refractivity contribution in [3.63, 3.8) is 0 Å². The van der Waals surface area contributed by atoms with Crippen molar-refractivity contribution in [1.82, 2.24) is 0 Å². The van der Waals surface area contributed by atoms with Crippen LogP contribution < -0.4 is 0 Å². The molecule has 0 aromatic heterocycles. The highest BCUT2D eigenvalue weighted by Gasteiger charge is 2.15. The van der Waals surface area contributed by atoms with Gasteiger partial charge in [-0.15, -0.1) is 13.2 Å². The van der Waals surface area contributed by atoms with Crippen LogP contribution in [0.2, 0.25) is 0 Å². The van der Waals surface area contributed by atoms with Crippen molar-refractivity contribution < 1.29 is 0 Å². The molecule has 1 aliphatic heterocycles. The Morgan fingerprint density at radius 1 is 0.867 bits per heavy atom. The highest BCUT2D eigenvalue weighted by atomic mass is 32.4. The monoisotopic (exact) mass is 260 g/mol. The zero-order valence-corrected chi connectivity index (χ0v) is 12.4. The molecular weight excluding hydrogens is 237 g/mol. The van der Waals surface area contributed by atoms with Crippen molar-refractivity contribution in [2.24, 2.45) is 0 Å². The molecule has 0 aromatic rings. The molecule has 0 radical (unpaired) electrons. The molecule has 1 saturated heterocycles. The Morgan fingerprint density at radius 2 is 1.33 bits per heavy atom. The van der Waals surface area contributed by atoms with E-state index in [2.05, 4.69) is 25.3 Å². The molecule has 0 spiro atoms. The summed E-state index contributed by atoms with van der Waals surface area (Å²) >= 11 is 0. The van der Waals surface area contributed by atoms with Crippen LogP contribution in [0.3, 0.4) is 0 Å². The van der Waals surface area contributed by atoms with E-state index in [4.69, 9.17) is 0 Å². The third kappa shape index (κ3) is 6.16. The van der Waals surface area contributed by atoms with Gasteiger partial charge in [-0.25, -0.2) is 0 Å². The Kier molecular flexibility index (Phi) is 8.18. The minimum absolute atomic E-state index is 0.307. The average Bonchev–Trinajstić information content (AvgIpc) is 2.32. The fraction of sp³-hybridized carbons (Fsp3) is 0.667. The zero-order chi connectivity index (χ0) is 10.9. The fourth-order valence-electron chi connectivity index (χ4n) is 1.83. The lowest BCUT2D eigenvalue weighted by molar-refractivity contribution is 0.709. The lowest BCUT2D eigenvalue weighted by atomic mass is 10.2. The topological polar surface area (TPSA) is 0 Å². The summed E-state index contributed by atoms with van der Waals surface area (Å²) in [6.07, 6.45) is 15.8. The summed E-state index contributed by atoms with van der Waals surface area (Å²) < 4.78 is 0. The fourth-order valence-corrected chi connectivity index (χ4v) is 15.7. The normalized spacial score (nSPS) is 30.1. The SMILES string of the molecule is C=CCP1CCCCCCP(CC=C)P1. The third-order valence-corrected chi connectivity index (χ3v) is 15.5. The van der Waals surface area contributed by atoms with Gasteiger partial charge in [-0.05, 0) is 37.5 Å². The zero-order valence-electron chi connectivity index (χ0n) is 9.62. The smallest absolute Gasteiger partial charge is 0.0108 e. The molecule has 0 N–H and O–H groups in total. The molecule has 0 aliphatic carbocycles. The minimum Gasteiger partial charge on any atom is -0.103 e. The maximum absolute atomic E-state index is 3.91. The lowest BCUT2D eigenvalue weighted by Gasteiger charge is -2.21. The summed E-state index contributed by atoms with van der Waals surface area (Å²) in [6, 6.07) is 0. The van der Waals surface area contributed by atoms with Gasteiger partial charge in [0.15, 0.2) is 0 Å². The predicted molar refractivity (Wildman–Crippen MR) is 80.5 cm³/mol. The highest BCUT2D eigenvalue weighted by Crippen LogP contribution is 2.74. The maximum atomic E-state index is 3.91. The average molecular weight is 260 g/mol. The third-order valence-electron chi connectivity index (χ3n) is 2.59. The molecule has 0 amide bonds. The Morgan fingerprint density at radius 3 is 1.73 bits per heavy atom. The molecule has 0 saturated carbocycles. The predicted octanol–water partition coefficient (Wildman–Crippen LogP) is 5.40.